The van der Waals surface area contributed by atoms with Gasteiger partial charge in [0.2, 0.25) is 0 Å². The Morgan fingerprint density at radius 1 is 1.09 bits per heavy atom. The number of aliphatic hydroxyl groups excluding tert-OH is 1. The van der Waals surface area contributed by atoms with Crippen molar-refractivity contribution in [2.24, 2.45) is 5.10 Å². The predicted molar refractivity (Wildman–Crippen MR) is 156 cm³/mol. The van der Waals surface area contributed by atoms with Crippen LogP contribution in [0.1, 0.15) is 36.6 Å². The molecule has 0 radical (unpaired) electrons. The van der Waals surface area contributed by atoms with Crippen LogP contribution in [0.2, 0.25) is 0 Å². The number of carbonyl (C=O) groups excluding carboxylic acids is 2. The van der Waals surface area contributed by atoms with Gasteiger partial charge in [-0.15, -0.1) is 0 Å². The van der Waals surface area contributed by atoms with Crippen LogP contribution in [0.3, 0.4) is 0 Å². The number of aliphatic hydroxyl groups is 1. The van der Waals surface area contributed by atoms with Crippen molar-refractivity contribution >= 4 is 18.2 Å². The summed E-state index contributed by atoms with van der Waals surface area (Å²) in [5, 5.41) is 19.7. The first-order chi connectivity index (χ1) is 20.8. The lowest BCUT2D eigenvalue weighted by Gasteiger charge is -2.28. The average Bonchev–Trinajstić information content (AvgIpc) is 2.99. The predicted octanol–water partition coefficient (Wildman–Crippen LogP) is 3.93. The molecule has 0 unspecified atom stereocenters. The van der Waals surface area contributed by atoms with E-state index >= 15 is 0 Å². The number of carbonyl (C=O) groups is 2. The molecule has 0 bridgehead atoms. The van der Waals surface area contributed by atoms with E-state index in [0.29, 0.717) is 46.2 Å². The largest absolute Gasteiger partial charge is 0.490 e. The molecule has 3 aromatic rings. The van der Waals surface area contributed by atoms with Gasteiger partial charge in [-0.05, 0) is 55.3 Å². The Hall–Kier alpha value is -5.10. The smallest absolute Gasteiger partial charge is 0.337 e. The van der Waals surface area contributed by atoms with Crippen LogP contribution in [0.25, 0.3) is 0 Å². The Morgan fingerprint density at radius 2 is 1.91 bits per heavy atom. The highest BCUT2D eigenvalue weighted by molar-refractivity contribution is 5.95. The highest BCUT2D eigenvalue weighted by Gasteiger charge is 2.32. The summed E-state index contributed by atoms with van der Waals surface area (Å²) in [4.78, 5) is 24.5. The third kappa shape index (κ3) is 8.23. The SMILES string of the molecule is CCOc1cc([C@@H]2NC(=O)NC(C)=C2C(=O)OC)ccc1OC[C@H](O)N/N=C/c1cccc(OCc2ccccc2F)c1. The fraction of sp³-hybridized carbons (Fsp3) is 0.258. The van der Waals surface area contributed by atoms with Gasteiger partial charge in [-0.25, -0.2) is 14.0 Å². The zero-order valence-corrected chi connectivity index (χ0v) is 23.9. The molecule has 2 amide bonds. The van der Waals surface area contributed by atoms with Crippen LogP contribution in [-0.4, -0.2) is 49.9 Å². The number of methoxy groups -OCH3 is 1. The number of hydrogen-bond acceptors (Lipinski definition) is 9. The number of hydrogen-bond donors (Lipinski definition) is 4. The Bertz CT molecular complexity index is 1510. The molecule has 0 fully saturated rings. The van der Waals surface area contributed by atoms with Gasteiger partial charge in [0.25, 0.3) is 0 Å². The summed E-state index contributed by atoms with van der Waals surface area (Å²) in [5.41, 5.74) is 4.96. The maximum Gasteiger partial charge on any atom is 0.337 e. The molecule has 43 heavy (non-hydrogen) atoms. The second kappa shape index (κ2) is 14.7. The third-order valence-corrected chi connectivity index (χ3v) is 6.32. The summed E-state index contributed by atoms with van der Waals surface area (Å²) < 4.78 is 35.9. The van der Waals surface area contributed by atoms with E-state index in [0.717, 1.165) is 0 Å². The normalized spacial score (nSPS) is 15.4. The van der Waals surface area contributed by atoms with Crippen molar-refractivity contribution in [2.45, 2.75) is 32.7 Å². The van der Waals surface area contributed by atoms with Crippen molar-refractivity contribution in [1.82, 2.24) is 16.1 Å². The van der Waals surface area contributed by atoms with E-state index in [1.54, 1.807) is 74.5 Å². The van der Waals surface area contributed by atoms with Crippen molar-refractivity contribution < 1.29 is 38.0 Å². The van der Waals surface area contributed by atoms with Gasteiger partial charge in [0.1, 0.15) is 24.8 Å². The first-order valence-corrected chi connectivity index (χ1v) is 13.5. The van der Waals surface area contributed by atoms with Crippen LogP contribution in [0.4, 0.5) is 9.18 Å². The molecule has 2 atom stereocenters. The monoisotopic (exact) mass is 592 g/mol. The molecule has 1 aliphatic rings. The van der Waals surface area contributed by atoms with E-state index in [9.17, 15) is 19.1 Å². The Kier molecular flexibility index (Phi) is 10.5. The standard InChI is InChI=1S/C31H33FN4O7/c1-4-41-26-15-21(29-28(30(38)40-3)19(2)34-31(39)35-29)12-13-25(26)43-18-27(37)36-33-16-20-8-7-10-23(14-20)42-17-22-9-5-6-11-24(22)32/h5-16,27,29,36-37H,4,17-18H2,1-3H3,(H2,34,35,39)/b33-16+/t27-,29-/m0/s1. The van der Waals surface area contributed by atoms with Crippen molar-refractivity contribution in [3.05, 3.63) is 101 Å². The molecular weight excluding hydrogens is 559 g/mol. The van der Waals surface area contributed by atoms with Crippen LogP contribution in [-0.2, 0) is 16.1 Å². The number of hydrazone groups is 1. The van der Waals surface area contributed by atoms with E-state index in [4.69, 9.17) is 18.9 Å². The van der Waals surface area contributed by atoms with Crippen LogP contribution in [0, 0.1) is 5.82 Å². The topological polar surface area (TPSA) is 140 Å². The van der Waals surface area contributed by atoms with Crippen molar-refractivity contribution in [3.8, 4) is 17.2 Å². The van der Waals surface area contributed by atoms with E-state index < -0.39 is 24.3 Å². The van der Waals surface area contributed by atoms with Gasteiger partial charge in [0.15, 0.2) is 17.7 Å². The number of rotatable bonds is 13. The van der Waals surface area contributed by atoms with Crippen molar-refractivity contribution in [1.29, 1.82) is 0 Å². The number of ether oxygens (including phenoxy) is 4. The summed E-state index contributed by atoms with van der Waals surface area (Å²) >= 11 is 0. The van der Waals surface area contributed by atoms with E-state index in [-0.39, 0.29) is 24.6 Å². The summed E-state index contributed by atoms with van der Waals surface area (Å²) in [6.45, 7) is 3.66. The number of halogens is 1. The van der Waals surface area contributed by atoms with Crippen LogP contribution >= 0.6 is 0 Å². The number of nitrogens with one attached hydrogen (secondary N) is 3. The number of amides is 2. The summed E-state index contributed by atoms with van der Waals surface area (Å²) in [6.07, 6.45) is 0.340. The lowest BCUT2D eigenvalue weighted by molar-refractivity contribution is -0.136. The molecule has 1 aliphatic heterocycles. The minimum Gasteiger partial charge on any atom is -0.490 e. The zero-order chi connectivity index (χ0) is 30.8. The summed E-state index contributed by atoms with van der Waals surface area (Å²) in [5.74, 6) is 0.328. The van der Waals surface area contributed by atoms with Crippen LogP contribution in [0.5, 0.6) is 17.2 Å². The van der Waals surface area contributed by atoms with Gasteiger partial charge in [-0.1, -0.05) is 36.4 Å². The van der Waals surface area contributed by atoms with Crippen LogP contribution < -0.4 is 30.3 Å². The summed E-state index contributed by atoms with van der Waals surface area (Å²) in [6, 6.07) is 17.2. The van der Waals surface area contributed by atoms with Gasteiger partial charge in [-0.2, -0.15) is 5.10 Å². The molecule has 0 aromatic heterocycles. The Labute approximate surface area is 248 Å². The molecule has 4 rings (SSSR count). The maximum atomic E-state index is 13.8. The van der Waals surface area contributed by atoms with E-state index in [1.165, 1.54) is 19.4 Å². The van der Waals surface area contributed by atoms with Crippen molar-refractivity contribution in [3.63, 3.8) is 0 Å². The van der Waals surface area contributed by atoms with E-state index in [1.807, 2.05) is 0 Å². The number of urea groups is 1. The van der Waals surface area contributed by atoms with E-state index in [2.05, 4.69) is 21.2 Å². The summed E-state index contributed by atoms with van der Waals surface area (Å²) in [7, 11) is 1.27. The van der Waals surface area contributed by atoms with Gasteiger partial charge in [0, 0.05) is 11.3 Å². The van der Waals surface area contributed by atoms with Gasteiger partial charge in [-0.3, -0.25) is 5.43 Å². The minimum atomic E-state index is -1.16. The van der Waals surface area contributed by atoms with Gasteiger partial charge < -0.3 is 34.7 Å². The third-order valence-electron chi connectivity index (χ3n) is 6.32. The molecule has 3 aromatic carbocycles. The van der Waals surface area contributed by atoms with Gasteiger partial charge >= 0.3 is 12.0 Å². The average molecular weight is 593 g/mol. The molecule has 4 N–H and O–H groups in total. The lowest BCUT2D eigenvalue weighted by atomic mass is 9.95. The lowest BCUT2D eigenvalue weighted by Crippen LogP contribution is -2.45. The van der Waals surface area contributed by atoms with Gasteiger partial charge in [0.05, 0.1) is 31.5 Å². The second-order valence-electron chi connectivity index (χ2n) is 9.37. The molecule has 0 saturated heterocycles. The number of esters is 1. The molecule has 11 nitrogen and oxygen atoms in total. The molecular formula is C31H33FN4O7. The maximum absolute atomic E-state index is 13.8. The Morgan fingerprint density at radius 3 is 2.67 bits per heavy atom. The highest BCUT2D eigenvalue weighted by atomic mass is 19.1. The molecule has 0 saturated carbocycles. The number of nitrogens with zero attached hydrogens (tertiary/aromatic N) is 1. The fourth-order valence-corrected chi connectivity index (χ4v) is 4.28. The van der Waals surface area contributed by atoms with Crippen molar-refractivity contribution in [2.75, 3.05) is 20.3 Å². The quantitative estimate of drug-likeness (QED) is 0.101. The minimum absolute atomic E-state index is 0.0849. The Balaban J connectivity index is 1.36. The highest BCUT2D eigenvalue weighted by Crippen LogP contribution is 2.35. The zero-order valence-electron chi connectivity index (χ0n) is 23.9. The first-order valence-electron chi connectivity index (χ1n) is 13.5. The van der Waals surface area contributed by atoms with Crippen LogP contribution in [0.15, 0.2) is 83.1 Å². The number of allylic oxidation sites excluding steroid dienone is 1. The number of benzene rings is 3. The molecule has 12 heteroatoms. The molecule has 0 aliphatic carbocycles. The molecule has 226 valence electrons. The first kappa shape index (κ1) is 30.8. The molecule has 1 heterocycles. The second-order valence-corrected chi connectivity index (χ2v) is 9.37. The fourth-order valence-electron chi connectivity index (χ4n) is 4.28. The molecule has 0 spiro atoms.